The number of anilines is 1. The number of ether oxygens (including phenoxy) is 1. The molecule has 1 N–H and O–H groups in total. The number of amides is 1. The molecule has 0 saturated heterocycles. The van der Waals surface area contributed by atoms with Gasteiger partial charge in [0.05, 0.1) is 5.92 Å². The van der Waals surface area contributed by atoms with Crippen molar-refractivity contribution >= 4 is 29.2 Å². The Balaban J connectivity index is 1.76. The SMILES string of the molecule is O=C(COC(=O)C1CC1)Nc1ccc(Cl)cc1. The van der Waals surface area contributed by atoms with Crippen LogP contribution in [0.25, 0.3) is 0 Å². The van der Waals surface area contributed by atoms with Crippen molar-refractivity contribution in [1.29, 1.82) is 0 Å². The fourth-order valence-corrected chi connectivity index (χ4v) is 1.43. The lowest BCUT2D eigenvalue weighted by molar-refractivity contribution is -0.148. The van der Waals surface area contributed by atoms with Crippen molar-refractivity contribution < 1.29 is 14.3 Å². The van der Waals surface area contributed by atoms with E-state index in [4.69, 9.17) is 16.3 Å². The van der Waals surface area contributed by atoms with E-state index in [1.54, 1.807) is 24.3 Å². The maximum absolute atomic E-state index is 11.4. The predicted molar refractivity (Wildman–Crippen MR) is 63.8 cm³/mol. The molecule has 90 valence electrons. The average Bonchev–Trinajstić information content (AvgIpc) is 3.13. The van der Waals surface area contributed by atoms with Crippen molar-refractivity contribution in [2.24, 2.45) is 5.92 Å². The lowest BCUT2D eigenvalue weighted by Crippen LogP contribution is -2.21. The van der Waals surface area contributed by atoms with Gasteiger partial charge in [0.15, 0.2) is 6.61 Å². The number of carbonyl (C=O) groups is 2. The zero-order valence-electron chi connectivity index (χ0n) is 9.11. The third kappa shape index (κ3) is 3.75. The molecule has 0 spiro atoms. The number of carbonyl (C=O) groups excluding carboxylic acids is 2. The van der Waals surface area contributed by atoms with E-state index < -0.39 is 0 Å². The Labute approximate surface area is 104 Å². The fraction of sp³-hybridized carbons (Fsp3) is 0.333. The summed E-state index contributed by atoms with van der Waals surface area (Å²) in [7, 11) is 0. The van der Waals surface area contributed by atoms with E-state index in [9.17, 15) is 9.59 Å². The summed E-state index contributed by atoms with van der Waals surface area (Å²) < 4.78 is 4.85. The molecule has 1 aromatic rings. The first kappa shape index (κ1) is 11.9. The van der Waals surface area contributed by atoms with Gasteiger partial charge < -0.3 is 10.1 Å². The quantitative estimate of drug-likeness (QED) is 0.838. The Morgan fingerprint density at radius 1 is 1.29 bits per heavy atom. The molecule has 17 heavy (non-hydrogen) atoms. The van der Waals surface area contributed by atoms with Crippen LogP contribution in [0.15, 0.2) is 24.3 Å². The van der Waals surface area contributed by atoms with Gasteiger partial charge in [-0.15, -0.1) is 0 Å². The van der Waals surface area contributed by atoms with Gasteiger partial charge in [0.2, 0.25) is 0 Å². The number of nitrogens with one attached hydrogen (secondary N) is 1. The minimum Gasteiger partial charge on any atom is -0.455 e. The highest BCUT2D eigenvalue weighted by Gasteiger charge is 2.31. The summed E-state index contributed by atoms with van der Waals surface area (Å²) in [5.74, 6) is -0.615. The maximum Gasteiger partial charge on any atom is 0.309 e. The van der Waals surface area contributed by atoms with Crippen LogP contribution < -0.4 is 5.32 Å². The molecule has 5 heteroatoms. The monoisotopic (exact) mass is 253 g/mol. The molecule has 2 rings (SSSR count). The predicted octanol–water partition coefficient (Wildman–Crippen LogP) is 2.23. The van der Waals surface area contributed by atoms with E-state index in [1.807, 2.05) is 0 Å². The first-order valence-corrected chi connectivity index (χ1v) is 5.75. The van der Waals surface area contributed by atoms with Crippen LogP contribution in [0.1, 0.15) is 12.8 Å². The van der Waals surface area contributed by atoms with Crippen molar-refractivity contribution in [3.05, 3.63) is 29.3 Å². The summed E-state index contributed by atoms with van der Waals surface area (Å²) in [6.45, 7) is -0.238. The molecular formula is C12H12ClNO3. The second-order valence-corrected chi connectivity index (χ2v) is 4.37. The molecule has 0 heterocycles. The normalized spacial score (nSPS) is 14.2. The number of benzene rings is 1. The molecular weight excluding hydrogens is 242 g/mol. The summed E-state index contributed by atoms with van der Waals surface area (Å²) >= 11 is 5.71. The molecule has 0 radical (unpaired) electrons. The van der Waals surface area contributed by atoms with E-state index in [0.717, 1.165) is 12.8 Å². The van der Waals surface area contributed by atoms with Crippen LogP contribution in [-0.2, 0) is 14.3 Å². The Morgan fingerprint density at radius 3 is 2.53 bits per heavy atom. The number of hydrogen-bond acceptors (Lipinski definition) is 3. The van der Waals surface area contributed by atoms with Gasteiger partial charge in [0.1, 0.15) is 0 Å². The number of rotatable bonds is 4. The molecule has 0 unspecified atom stereocenters. The van der Waals surface area contributed by atoms with Crippen molar-refractivity contribution in [1.82, 2.24) is 0 Å². The molecule has 1 amide bonds. The van der Waals surface area contributed by atoms with Gasteiger partial charge in [0.25, 0.3) is 5.91 Å². The van der Waals surface area contributed by atoms with Crippen LogP contribution in [-0.4, -0.2) is 18.5 Å². The van der Waals surface area contributed by atoms with Crippen LogP contribution in [0, 0.1) is 5.92 Å². The van der Waals surface area contributed by atoms with Gasteiger partial charge in [-0.25, -0.2) is 0 Å². The fourth-order valence-electron chi connectivity index (χ4n) is 1.30. The zero-order valence-corrected chi connectivity index (χ0v) is 9.87. The summed E-state index contributed by atoms with van der Waals surface area (Å²) in [4.78, 5) is 22.6. The third-order valence-electron chi connectivity index (χ3n) is 2.38. The van der Waals surface area contributed by atoms with Crippen LogP contribution >= 0.6 is 11.6 Å². The molecule has 4 nitrogen and oxygen atoms in total. The van der Waals surface area contributed by atoms with Gasteiger partial charge >= 0.3 is 5.97 Å². The van der Waals surface area contributed by atoms with E-state index in [-0.39, 0.29) is 24.4 Å². The summed E-state index contributed by atoms with van der Waals surface area (Å²) in [5.41, 5.74) is 0.627. The van der Waals surface area contributed by atoms with Crippen LogP contribution in [0.4, 0.5) is 5.69 Å². The molecule has 0 bridgehead atoms. The highest BCUT2D eigenvalue weighted by Crippen LogP contribution is 2.29. The maximum atomic E-state index is 11.4. The molecule has 1 aliphatic rings. The smallest absolute Gasteiger partial charge is 0.309 e. The lowest BCUT2D eigenvalue weighted by Gasteiger charge is -2.06. The minimum atomic E-state index is -0.346. The zero-order chi connectivity index (χ0) is 12.3. The molecule has 0 aromatic heterocycles. The first-order chi connectivity index (χ1) is 8.15. The average molecular weight is 254 g/mol. The van der Waals surface area contributed by atoms with E-state index in [1.165, 1.54) is 0 Å². The highest BCUT2D eigenvalue weighted by atomic mass is 35.5. The largest absolute Gasteiger partial charge is 0.455 e. The van der Waals surface area contributed by atoms with Crippen LogP contribution in [0.3, 0.4) is 0 Å². The van der Waals surface area contributed by atoms with Gasteiger partial charge in [0, 0.05) is 10.7 Å². The Kier molecular flexibility index (Phi) is 3.64. The second-order valence-electron chi connectivity index (χ2n) is 3.94. The van der Waals surface area contributed by atoms with Crippen molar-refractivity contribution in [2.75, 3.05) is 11.9 Å². The van der Waals surface area contributed by atoms with E-state index in [0.29, 0.717) is 10.7 Å². The number of halogens is 1. The van der Waals surface area contributed by atoms with Gasteiger partial charge in [-0.1, -0.05) is 11.6 Å². The molecule has 1 fully saturated rings. The summed E-state index contributed by atoms with van der Waals surface area (Å²) in [6.07, 6.45) is 1.75. The Morgan fingerprint density at radius 2 is 1.94 bits per heavy atom. The lowest BCUT2D eigenvalue weighted by atomic mass is 10.3. The standard InChI is InChI=1S/C12H12ClNO3/c13-9-3-5-10(6-4-9)14-11(15)7-17-12(16)8-1-2-8/h3-6,8H,1-2,7H2,(H,14,15). The molecule has 1 aromatic carbocycles. The Bertz CT molecular complexity index is 426. The number of hydrogen-bond donors (Lipinski definition) is 1. The van der Waals surface area contributed by atoms with Crippen molar-refractivity contribution in [2.45, 2.75) is 12.8 Å². The summed E-state index contributed by atoms with van der Waals surface area (Å²) in [5, 5.41) is 3.21. The van der Waals surface area contributed by atoms with Gasteiger partial charge in [-0.2, -0.15) is 0 Å². The third-order valence-corrected chi connectivity index (χ3v) is 2.64. The van der Waals surface area contributed by atoms with Crippen molar-refractivity contribution in [3.8, 4) is 0 Å². The molecule has 0 aliphatic heterocycles. The molecule has 0 atom stereocenters. The second kappa shape index (κ2) is 5.19. The highest BCUT2D eigenvalue weighted by molar-refractivity contribution is 6.30. The summed E-state index contributed by atoms with van der Waals surface area (Å²) in [6, 6.07) is 6.71. The number of esters is 1. The van der Waals surface area contributed by atoms with Crippen LogP contribution in [0.2, 0.25) is 5.02 Å². The van der Waals surface area contributed by atoms with Gasteiger partial charge in [-0.3, -0.25) is 9.59 Å². The molecule has 1 saturated carbocycles. The minimum absolute atomic E-state index is 0.0123. The van der Waals surface area contributed by atoms with Crippen LogP contribution in [0.5, 0.6) is 0 Å². The Hall–Kier alpha value is -1.55. The molecule has 1 aliphatic carbocycles. The van der Waals surface area contributed by atoms with Gasteiger partial charge in [-0.05, 0) is 37.1 Å². The van der Waals surface area contributed by atoms with E-state index in [2.05, 4.69) is 5.32 Å². The first-order valence-electron chi connectivity index (χ1n) is 5.37. The van der Waals surface area contributed by atoms with Crippen molar-refractivity contribution in [3.63, 3.8) is 0 Å². The van der Waals surface area contributed by atoms with E-state index >= 15 is 0 Å². The topological polar surface area (TPSA) is 55.4 Å².